The minimum atomic E-state index is -4.31. The lowest BCUT2D eigenvalue weighted by atomic mass is 9.83. The first-order chi connectivity index (χ1) is 23.5. The highest BCUT2D eigenvalue weighted by molar-refractivity contribution is 7.18. The van der Waals surface area contributed by atoms with E-state index in [1.807, 2.05) is 27.7 Å². The first-order valence-corrected chi connectivity index (χ1v) is 18.0. The zero-order chi connectivity index (χ0) is 36.8. The predicted octanol–water partition coefficient (Wildman–Crippen LogP) is 13.1. The summed E-state index contributed by atoms with van der Waals surface area (Å²) in [6, 6.07) is 14.0. The van der Waals surface area contributed by atoms with Crippen molar-refractivity contribution in [3.8, 4) is 5.75 Å². The topological polar surface area (TPSA) is 50.8 Å². The van der Waals surface area contributed by atoms with E-state index in [2.05, 4.69) is 47.0 Å². The Kier molecular flexibility index (Phi) is 13.0. The number of hydrogen-bond acceptors (Lipinski definition) is 4. The second kappa shape index (κ2) is 16.6. The van der Waals surface area contributed by atoms with E-state index in [1.165, 1.54) is 72.8 Å². The largest absolute Gasteiger partial charge is 0.496 e. The molecule has 0 atom stereocenters. The van der Waals surface area contributed by atoms with E-state index in [4.69, 9.17) is 4.74 Å². The second-order valence-electron chi connectivity index (χ2n) is 13.9. The van der Waals surface area contributed by atoms with Crippen molar-refractivity contribution in [3.05, 3.63) is 87.7 Å². The minimum absolute atomic E-state index is 0.168. The van der Waals surface area contributed by atoms with E-state index in [1.54, 1.807) is 7.11 Å². The van der Waals surface area contributed by atoms with Gasteiger partial charge in [-0.15, -0.1) is 11.3 Å². The van der Waals surface area contributed by atoms with Crippen LogP contribution in [0.2, 0.25) is 0 Å². The number of aromatic nitrogens is 3. The van der Waals surface area contributed by atoms with Gasteiger partial charge in [0.1, 0.15) is 11.6 Å². The van der Waals surface area contributed by atoms with Crippen LogP contribution < -0.4 is 4.74 Å². The van der Waals surface area contributed by atoms with Crippen molar-refractivity contribution in [1.82, 2.24) is 15.0 Å². The first kappa shape index (κ1) is 39.2. The van der Waals surface area contributed by atoms with Gasteiger partial charge in [0, 0.05) is 11.8 Å². The van der Waals surface area contributed by atoms with Crippen molar-refractivity contribution in [1.29, 1.82) is 0 Å². The number of nitrogens with zero attached hydrogens (tertiary/aromatic N) is 2. The first-order valence-electron chi connectivity index (χ1n) is 17.2. The van der Waals surface area contributed by atoms with Crippen molar-refractivity contribution < 1.29 is 31.1 Å². The molecule has 1 N–H and O–H groups in total. The van der Waals surface area contributed by atoms with E-state index in [0.717, 1.165) is 41.3 Å². The lowest BCUT2D eigenvalue weighted by Gasteiger charge is -2.23. The molecule has 2 heterocycles. The normalized spacial score (nSPS) is 14.2. The summed E-state index contributed by atoms with van der Waals surface area (Å²) in [5.41, 5.74) is 3.29. The van der Waals surface area contributed by atoms with Crippen molar-refractivity contribution in [2.75, 3.05) is 7.11 Å². The number of hydrogen-bond donors (Lipinski definition) is 1. The number of ether oxygens (including phenoxy) is 1. The second-order valence-corrected chi connectivity index (χ2v) is 15.0. The SMILES string of the molecule is CC(C)c1nc2ccc(C(F)(F)F)cc2[nH]1.CC(C)c1nc2ccc(C(F)(F)F)cc2s1.COc1ccc(C2CCCCC2)cc1CC(C)C. The summed E-state index contributed by atoms with van der Waals surface area (Å²) in [6.45, 7) is 12.4. The van der Waals surface area contributed by atoms with Crippen molar-refractivity contribution in [3.63, 3.8) is 0 Å². The number of rotatable bonds is 6. The average Bonchev–Trinajstić information content (AvgIpc) is 3.69. The standard InChI is InChI=1S/C17H26O.C11H11F3N2.C11H10F3NS/c1-13(2)11-16-12-15(9-10-17(16)18-3)14-7-5-4-6-8-14;2*1-6(2)10-15-8-4-3-7(11(12,13)14)5-9(8)16-10/h9-10,12-14H,4-8,11H2,1-3H3;3-6H,1-2H3,(H,15,16);3-6H,1-2H3. The van der Waals surface area contributed by atoms with Crippen LogP contribution in [-0.2, 0) is 18.8 Å². The summed E-state index contributed by atoms with van der Waals surface area (Å²) < 4.78 is 80.8. The van der Waals surface area contributed by atoms with Crippen LogP contribution in [0.25, 0.3) is 21.3 Å². The highest BCUT2D eigenvalue weighted by Gasteiger charge is 2.31. The van der Waals surface area contributed by atoms with Gasteiger partial charge in [0.25, 0.3) is 0 Å². The van der Waals surface area contributed by atoms with Crippen LogP contribution >= 0.6 is 11.3 Å². The third-order valence-electron chi connectivity index (χ3n) is 8.61. The molecule has 11 heteroatoms. The molecule has 1 aliphatic rings. The Labute approximate surface area is 294 Å². The molecule has 0 aliphatic heterocycles. The fourth-order valence-corrected chi connectivity index (χ4v) is 6.94. The number of H-pyrrole nitrogens is 1. The van der Waals surface area contributed by atoms with E-state index >= 15 is 0 Å². The van der Waals surface area contributed by atoms with Crippen LogP contribution in [0, 0.1) is 5.92 Å². The lowest BCUT2D eigenvalue weighted by Crippen LogP contribution is -2.06. The van der Waals surface area contributed by atoms with Crippen LogP contribution in [0.15, 0.2) is 54.6 Å². The number of methoxy groups -OCH3 is 1. The van der Waals surface area contributed by atoms with Crippen molar-refractivity contribution >= 4 is 32.6 Å². The van der Waals surface area contributed by atoms with Gasteiger partial charge in [0.05, 0.1) is 44.5 Å². The molecular formula is C39H47F6N3OS. The summed E-state index contributed by atoms with van der Waals surface area (Å²) in [6.07, 6.45) is -0.518. The molecule has 1 saturated carbocycles. The van der Waals surface area contributed by atoms with Gasteiger partial charge in [0.15, 0.2) is 0 Å². The molecular weight excluding hydrogens is 673 g/mol. The summed E-state index contributed by atoms with van der Waals surface area (Å²) in [5.74, 6) is 3.64. The summed E-state index contributed by atoms with van der Waals surface area (Å²) in [7, 11) is 1.78. The molecule has 272 valence electrons. The Bertz CT molecular complexity index is 1740. The van der Waals surface area contributed by atoms with Crippen LogP contribution in [0.3, 0.4) is 0 Å². The van der Waals surface area contributed by atoms with Gasteiger partial charge in [0.2, 0.25) is 0 Å². The molecule has 1 fully saturated rings. The molecule has 0 saturated heterocycles. The Morgan fingerprint density at radius 2 is 1.38 bits per heavy atom. The maximum atomic E-state index is 12.5. The lowest BCUT2D eigenvalue weighted by molar-refractivity contribution is -0.138. The van der Waals surface area contributed by atoms with Crippen LogP contribution in [0.4, 0.5) is 26.3 Å². The number of fused-ring (bicyclic) bond motifs is 2. The molecule has 2 aromatic heterocycles. The van der Waals surface area contributed by atoms with Crippen LogP contribution in [0.1, 0.15) is 124 Å². The monoisotopic (exact) mass is 719 g/mol. The van der Waals surface area contributed by atoms with Crippen LogP contribution in [0.5, 0.6) is 5.75 Å². The minimum Gasteiger partial charge on any atom is -0.496 e. The number of benzene rings is 3. The quantitative estimate of drug-likeness (QED) is 0.178. The Hall–Kier alpha value is -3.60. The molecule has 0 radical (unpaired) electrons. The van der Waals surface area contributed by atoms with Crippen molar-refractivity contribution in [2.45, 2.75) is 110 Å². The smallest absolute Gasteiger partial charge is 0.416 e. The summed E-state index contributed by atoms with van der Waals surface area (Å²) >= 11 is 1.32. The number of imidazole rings is 1. The maximum absolute atomic E-state index is 12.5. The Balaban J connectivity index is 0.000000169. The van der Waals surface area contributed by atoms with Gasteiger partial charge < -0.3 is 9.72 Å². The van der Waals surface area contributed by atoms with Gasteiger partial charge in [-0.25, -0.2) is 9.97 Å². The molecule has 5 aromatic rings. The highest BCUT2D eigenvalue weighted by atomic mass is 32.1. The predicted molar refractivity (Wildman–Crippen MR) is 191 cm³/mol. The molecule has 50 heavy (non-hydrogen) atoms. The molecule has 4 nitrogen and oxygen atoms in total. The van der Waals surface area contributed by atoms with Gasteiger partial charge in [-0.1, -0.05) is 72.9 Å². The number of halogens is 6. The summed E-state index contributed by atoms with van der Waals surface area (Å²) in [5, 5.41) is 0.870. The van der Waals surface area contributed by atoms with Gasteiger partial charge in [-0.3, -0.25) is 0 Å². The highest BCUT2D eigenvalue weighted by Crippen LogP contribution is 2.36. The zero-order valence-electron chi connectivity index (χ0n) is 29.7. The zero-order valence-corrected chi connectivity index (χ0v) is 30.5. The van der Waals surface area contributed by atoms with Crippen LogP contribution in [-0.4, -0.2) is 22.1 Å². The summed E-state index contributed by atoms with van der Waals surface area (Å²) in [4.78, 5) is 11.4. The number of aromatic amines is 1. The number of nitrogens with one attached hydrogen (secondary N) is 1. The van der Waals surface area contributed by atoms with E-state index in [9.17, 15) is 26.3 Å². The Morgan fingerprint density at radius 3 is 1.94 bits per heavy atom. The number of alkyl halides is 6. The van der Waals surface area contributed by atoms with Gasteiger partial charge in [-0.05, 0) is 84.7 Å². The molecule has 0 bridgehead atoms. The number of thiazole rings is 1. The molecule has 3 aromatic carbocycles. The average molecular weight is 720 g/mol. The van der Waals surface area contributed by atoms with Gasteiger partial charge >= 0.3 is 12.4 Å². The van der Waals surface area contributed by atoms with Crippen molar-refractivity contribution in [2.24, 2.45) is 5.92 Å². The fraction of sp³-hybridized carbons (Fsp3) is 0.487. The van der Waals surface area contributed by atoms with E-state index in [-0.39, 0.29) is 11.8 Å². The third kappa shape index (κ3) is 10.5. The van der Waals surface area contributed by atoms with Gasteiger partial charge in [-0.2, -0.15) is 26.3 Å². The van der Waals surface area contributed by atoms with E-state index in [0.29, 0.717) is 33.0 Å². The molecule has 0 amide bonds. The molecule has 0 spiro atoms. The molecule has 6 rings (SSSR count). The van der Waals surface area contributed by atoms with E-state index < -0.39 is 23.5 Å². The molecule has 0 unspecified atom stereocenters. The third-order valence-corrected chi connectivity index (χ3v) is 9.93. The molecule has 1 aliphatic carbocycles. The fourth-order valence-electron chi connectivity index (χ4n) is 5.93. The Morgan fingerprint density at radius 1 is 0.760 bits per heavy atom. The maximum Gasteiger partial charge on any atom is 0.416 e.